The molecule has 1 aliphatic heterocycles. The number of anilines is 1. The molecule has 0 unspecified atom stereocenters. The number of piperidine rings is 1. The lowest BCUT2D eigenvalue weighted by atomic mass is 9.94. The Hall–Kier alpha value is -2.08. The van der Waals surface area contributed by atoms with E-state index in [0.29, 0.717) is 0 Å². The Labute approximate surface area is 180 Å². The largest absolute Gasteiger partial charge is 0.356 e. The third kappa shape index (κ3) is 5.15. The molecule has 1 saturated carbocycles. The first kappa shape index (κ1) is 21.2. The van der Waals surface area contributed by atoms with E-state index < -0.39 is 0 Å². The minimum absolute atomic E-state index is 0.129. The van der Waals surface area contributed by atoms with Gasteiger partial charge >= 0.3 is 0 Å². The number of nitrogens with zero attached hydrogens (tertiary/aromatic N) is 3. The van der Waals surface area contributed by atoms with E-state index in [1.54, 1.807) is 0 Å². The highest BCUT2D eigenvalue weighted by Gasteiger charge is 2.26. The lowest BCUT2D eigenvalue weighted by molar-refractivity contribution is -0.125. The summed E-state index contributed by atoms with van der Waals surface area (Å²) in [5, 5.41) is 3.19. The predicted octanol–water partition coefficient (Wildman–Crippen LogP) is 3.86. The van der Waals surface area contributed by atoms with Crippen LogP contribution in [0.25, 0.3) is 11.0 Å². The van der Waals surface area contributed by atoms with Crippen molar-refractivity contribution >= 4 is 22.9 Å². The summed E-state index contributed by atoms with van der Waals surface area (Å²) in [6.45, 7) is 5.72. The quantitative estimate of drug-likeness (QED) is 0.679. The van der Waals surface area contributed by atoms with Crippen molar-refractivity contribution in [2.45, 2.75) is 64.3 Å². The van der Waals surface area contributed by atoms with Crippen molar-refractivity contribution in [3.05, 3.63) is 23.8 Å². The van der Waals surface area contributed by atoms with Crippen molar-refractivity contribution in [3.63, 3.8) is 0 Å². The number of imidazole rings is 1. The van der Waals surface area contributed by atoms with E-state index in [1.165, 1.54) is 37.7 Å². The van der Waals surface area contributed by atoms with Gasteiger partial charge in [0.05, 0.1) is 11.0 Å². The summed E-state index contributed by atoms with van der Waals surface area (Å²) in [7, 11) is 2.24. The van der Waals surface area contributed by atoms with E-state index in [0.717, 1.165) is 68.5 Å². The Bertz CT molecular complexity index is 833. The summed E-state index contributed by atoms with van der Waals surface area (Å²) in [6.07, 6.45) is 9.65. The van der Waals surface area contributed by atoms with Crippen molar-refractivity contribution < 1.29 is 4.79 Å². The van der Waals surface area contributed by atoms with Crippen LogP contribution in [0.5, 0.6) is 0 Å². The van der Waals surface area contributed by atoms with Gasteiger partial charge in [0.25, 0.3) is 0 Å². The molecule has 164 valence electrons. The molecule has 1 aromatic heterocycles. The molecule has 0 bridgehead atoms. The minimum atomic E-state index is 0.129. The zero-order chi connectivity index (χ0) is 20.9. The predicted molar refractivity (Wildman–Crippen MR) is 123 cm³/mol. The average molecular weight is 412 g/mol. The molecular weight excluding hydrogens is 374 g/mol. The summed E-state index contributed by atoms with van der Waals surface area (Å²) in [4.78, 5) is 25.5. The summed E-state index contributed by atoms with van der Waals surface area (Å²) in [5.41, 5.74) is 3.33. The number of aromatic nitrogens is 2. The fourth-order valence-electron chi connectivity index (χ4n) is 5.00. The fourth-order valence-corrected chi connectivity index (χ4v) is 5.00. The number of carbonyl (C=O) groups excluding carboxylic acids is 1. The maximum absolute atomic E-state index is 12.6. The van der Waals surface area contributed by atoms with Gasteiger partial charge in [-0.3, -0.25) is 4.79 Å². The molecule has 0 radical (unpaired) electrons. The van der Waals surface area contributed by atoms with Crippen LogP contribution in [0.15, 0.2) is 18.2 Å². The van der Waals surface area contributed by atoms with E-state index in [4.69, 9.17) is 4.98 Å². The van der Waals surface area contributed by atoms with E-state index >= 15 is 0 Å². The van der Waals surface area contributed by atoms with Gasteiger partial charge in [-0.15, -0.1) is 0 Å². The van der Waals surface area contributed by atoms with Crippen molar-refractivity contribution in [1.29, 1.82) is 0 Å². The highest BCUT2D eigenvalue weighted by molar-refractivity contribution is 5.80. The third-order valence-electron chi connectivity index (χ3n) is 6.98. The lowest BCUT2D eigenvalue weighted by Gasteiger charge is -2.32. The number of benzene rings is 1. The first-order chi connectivity index (χ1) is 14.6. The summed E-state index contributed by atoms with van der Waals surface area (Å²) in [6, 6.07) is 7.05. The SMILES string of the molecule is Cc1ccc2nc(N3CCC(C(=O)NCCCN(C)C4CCCCC4)CC3)[nH]c2c1. The Balaban J connectivity index is 1.17. The number of hydrogen-bond acceptors (Lipinski definition) is 4. The molecule has 0 spiro atoms. The van der Waals surface area contributed by atoms with Crippen LogP contribution in [-0.4, -0.2) is 60.0 Å². The molecule has 2 fully saturated rings. The molecule has 4 rings (SSSR count). The van der Waals surface area contributed by atoms with Crippen LogP contribution in [0.4, 0.5) is 5.95 Å². The van der Waals surface area contributed by atoms with E-state index in [2.05, 4.69) is 52.3 Å². The highest BCUT2D eigenvalue weighted by Crippen LogP contribution is 2.24. The number of fused-ring (bicyclic) bond motifs is 1. The molecule has 1 aromatic carbocycles. The van der Waals surface area contributed by atoms with Crippen LogP contribution in [0, 0.1) is 12.8 Å². The molecule has 0 atom stereocenters. The monoisotopic (exact) mass is 411 g/mol. The first-order valence-corrected chi connectivity index (χ1v) is 11.8. The smallest absolute Gasteiger partial charge is 0.223 e. The molecule has 1 aliphatic carbocycles. The van der Waals surface area contributed by atoms with Crippen molar-refractivity contribution in [2.75, 3.05) is 38.1 Å². The zero-order valence-electron chi connectivity index (χ0n) is 18.6. The van der Waals surface area contributed by atoms with Gasteiger partial charge in [0.1, 0.15) is 0 Å². The molecule has 6 heteroatoms. The number of nitrogens with one attached hydrogen (secondary N) is 2. The van der Waals surface area contributed by atoms with Gasteiger partial charge in [0, 0.05) is 31.6 Å². The molecule has 2 aliphatic rings. The normalized spacial score (nSPS) is 19.0. The van der Waals surface area contributed by atoms with E-state index in [9.17, 15) is 4.79 Å². The number of carbonyl (C=O) groups is 1. The fraction of sp³-hybridized carbons (Fsp3) is 0.667. The lowest BCUT2D eigenvalue weighted by Crippen LogP contribution is -2.41. The first-order valence-electron chi connectivity index (χ1n) is 11.8. The Morgan fingerprint density at radius 2 is 1.97 bits per heavy atom. The number of H-pyrrole nitrogens is 1. The van der Waals surface area contributed by atoms with Crippen molar-refractivity contribution in [1.82, 2.24) is 20.2 Å². The maximum atomic E-state index is 12.6. The number of aromatic amines is 1. The molecule has 1 saturated heterocycles. The number of amides is 1. The van der Waals surface area contributed by atoms with Crippen LogP contribution in [0.3, 0.4) is 0 Å². The number of aryl methyl sites for hydroxylation is 1. The Kier molecular flexibility index (Phi) is 6.93. The second-order valence-electron chi connectivity index (χ2n) is 9.26. The molecule has 2 heterocycles. The van der Waals surface area contributed by atoms with Gasteiger partial charge in [-0.25, -0.2) is 4.98 Å². The molecule has 2 N–H and O–H groups in total. The maximum Gasteiger partial charge on any atom is 0.223 e. The molecule has 2 aromatic rings. The molecular formula is C24H37N5O. The average Bonchev–Trinajstić information content (AvgIpc) is 3.20. The van der Waals surface area contributed by atoms with Gasteiger partial charge in [-0.2, -0.15) is 0 Å². The Morgan fingerprint density at radius 3 is 2.73 bits per heavy atom. The third-order valence-corrected chi connectivity index (χ3v) is 6.98. The summed E-state index contributed by atoms with van der Waals surface area (Å²) in [5.74, 6) is 1.29. The topological polar surface area (TPSA) is 64.3 Å². The van der Waals surface area contributed by atoms with Gasteiger partial charge in [-0.05, 0) is 70.3 Å². The van der Waals surface area contributed by atoms with Crippen LogP contribution < -0.4 is 10.2 Å². The number of rotatable bonds is 7. The second kappa shape index (κ2) is 9.82. The molecule has 30 heavy (non-hydrogen) atoms. The van der Waals surface area contributed by atoms with Gasteiger partial charge in [0.15, 0.2) is 0 Å². The van der Waals surface area contributed by atoms with Crippen molar-refractivity contribution in [2.24, 2.45) is 5.92 Å². The second-order valence-corrected chi connectivity index (χ2v) is 9.26. The molecule has 6 nitrogen and oxygen atoms in total. The minimum Gasteiger partial charge on any atom is -0.356 e. The van der Waals surface area contributed by atoms with Crippen molar-refractivity contribution in [3.8, 4) is 0 Å². The summed E-state index contributed by atoms with van der Waals surface area (Å²) < 4.78 is 0. The van der Waals surface area contributed by atoms with E-state index in [1.807, 2.05) is 0 Å². The van der Waals surface area contributed by atoms with Gasteiger partial charge in [0.2, 0.25) is 11.9 Å². The van der Waals surface area contributed by atoms with Crippen LogP contribution >= 0.6 is 0 Å². The summed E-state index contributed by atoms with van der Waals surface area (Å²) >= 11 is 0. The van der Waals surface area contributed by atoms with Crippen LogP contribution in [-0.2, 0) is 4.79 Å². The van der Waals surface area contributed by atoms with Gasteiger partial charge in [-0.1, -0.05) is 25.3 Å². The van der Waals surface area contributed by atoms with Gasteiger partial charge < -0.3 is 20.1 Å². The Morgan fingerprint density at radius 1 is 1.20 bits per heavy atom. The highest BCUT2D eigenvalue weighted by atomic mass is 16.1. The van der Waals surface area contributed by atoms with E-state index in [-0.39, 0.29) is 11.8 Å². The van der Waals surface area contributed by atoms with Crippen LogP contribution in [0.2, 0.25) is 0 Å². The van der Waals surface area contributed by atoms with Crippen LogP contribution in [0.1, 0.15) is 56.9 Å². The molecule has 1 amide bonds. The number of hydrogen-bond donors (Lipinski definition) is 2. The standard InChI is InChI=1S/C24H37N5O/c1-18-9-10-21-22(17-18)27-24(26-21)29-15-11-19(12-16-29)23(30)25-13-6-14-28(2)20-7-4-3-5-8-20/h9-10,17,19-20H,3-8,11-16H2,1-2H3,(H,25,30)(H,26,27). The zero-order valence-corrected chi connectivity index (χ0v) is 18.6.